The first kappa shape index (κ1) is 14.1. The molecule has 0 aromatic heterocycles. The second-order valence-electron chi connectivity index (χ2n) is 4.04. The predicted molar refractivity (Wildman–Crippen MR) is 74.7 cm³/mol. The first-order valence-corrected chi connectivity index (χ1v) is 6.12. The lowest BCUT2D eigenvalue weighted by atomic mass is 10.1. The predicted octanol–water partition coefficient (Wildman–Crippen LogP) is 3.15. The molecule has 2 aromatic carbocycles. The van der Waals surface area contributed by atoms with Crippen molar-refractivity contribution in [2.24, 2.45) is 10.9 Å². The third-order valence-electron chi connectivity index (χ3n) is 2.61. The van der Waals surface area contributed by atoms with E-state index in [-0.39, 0.29) is 18.0 Å². The van der Waals surface area contributed by atoms with Gasteiger partial charge < -0.3 is 15.7 Å². The highest BCUT2D eigenvalue weighted by Gasteiger charge is 2.10. The number of oxime groups is 1. The largest absolute Gasteiger partial charge is 0.488 e. The summed E-state index contributed by atoms with van der Waals surface area (Å²) in [6.45, 7) is 0.234. The number of amidine groups is 1. The summed E-state index contributed by atoms with van der Waals surface area (Å²) in [6, 6.07) is 11.0. The average Bonchev–Trinajstić information content (AvgIpc) is 2.45. The normalized spacial score (nSPS) is 11.4. The summed E-state index contributed by atoms with van der Waals surface area (Å²) in [5, 5.41) is 12.1. The van der Waals surface area contributed by atoms with Crippen LogP contribution in [-0.4, -0.2) is 11.0 Å². The Labute approximate surface area is 120 Å². The van der Waals surface area contributed by atoms with Crippen molar-refractivity contribution in [2.75, 3.05) is 0 Å². The zero-order chi connectivity index (χ0) is 14.5. The summed E-state index contributed by atoms with van der Waals surface area (Å²) in [4.78, 5) is 0. The third kappa shape index (κ3) is 3.39. The fourth-order valence-corrected chi connectivity index (χ4v) is 1.88. The van der Waals surface area contributed by atoms with E-state index in [0.717, 1.165) is 11.6 Å². The molecular weight excluding hydrogens is 283 g/mol. The van der Waals surface area contributed by atoms with Crippen molar-refractivity contribution in [1.82, 2.24) is 0 Å². The summed E-state index contributed by atoms with van der Waals surface area (Å²) in [5.41, 5.74) is 6.53. The summed E-state index contributed by atoms with van der Waals surface area (Å²) in [7, 11) is 0. The van der Waals surface area contributed by atoms with Crippen molar-refractivity contribution in [3.05, 3.63) is 64.4 Å². The number of halogens is 2. The number of rotatable bonds is 4. The molecule has 0 atom stereocenters. The molecule has 6 heteroatoms. The van der Waals surface area contributed by atoms with E-state index in [1.165, 1.54) is 12.1 Å². The van der Waals surface area contributed by atoms with Crippen molar-refractivity contribution >= 4 is 17.4 Å². The summed E-state index contributed by atoms with van der Waals surface area (Å²) >= 11 is 5.87. The van der Waals surface area contributed by atoms with Gasteiger partial charge in [0.2, 0.25) is 0 Å². The second kappa shape index (κ2) is 6.25. The van der Waals surface area contributed by atoms with Crippen LogP contribution >= 0.6 is 11.6 Å². The van der Waals surface area contributed by atoms with Gasteiger partial charge >= 0.3 is 0 Å². The van der Waals surface area contributed by atoms with Gasteiger partial charge in [0.25, 0.3) is 0 Å². The van der Waals surface area contributed by atoms with Gasteiger partial charge in [-0.1, -0.05) is 28.9 Å². The summed E-state index contributed by atoms with van der Waals surface area (Å²) < 4.78 is 18.8. The van der Waals surface area contributed by atoms with Gasteiger partial charge in [0.05, 0.1) is 5.56 Å². The third-order valence-corrected chi connectivity index (χ3v) is 2.84. The molecule has 3 N–H and O–H groups in total. The molecule has 0 fully saturated rings. The van der Waals surface area contributed by atoms with Crippen molar-refractivity contribution < 1.29 is 14.3 Å². The van der Waals surface area contributed by atoms with Gasteiger partial charge in [0, 0.05) is 5.02 Å². The Morgan fingerprint density at radius 2 is 2.10 bits per heavy atom. The highest BCUT2D eigenvalue weighted by Crippen LogP contribution is 2.21. The zero-order valence-corrected chi connectivity index (χ0v) is 11.1. The van der Waals surface area contributed by atoms with E-state index in [0.29, 0.717) is 10.8 Å². The van der Waals surface area contributed by atoms with E-state index >= 15 is 0 Å². The van der Waals surface area contributed by atoms with Crippen LogP contribution in [0.5, 0.6) is 5.75 Å². The van der Waals surface area contributed by atoms with Crippen LogP contribution < -0.4 is 10.5 Å². The minimum absolute atomic E-state index is 0.189. The van der Waals surface area contributed by atoms with E-state index in [2.05, 4.69) is 5.16 Å². The molecule has 0 aliphatic heterocycles. The van der Waals surface area contributed by atoms with Crippen LogP contribution in [0.25, 0.3) is 0 Å². The van der Waals surface area contributed by atoms with E-state index in [9.17, 15) is 4.39 Å². The molecule has 0 heterocycles. The van der Waals surface area contributed by atoms with Crippen molar-refractivity contribution in [3.8, 4) is 5.75 Å². The van der Waals surface area contributed by atoms with Gasteiger partial charge in [0.15, 0.2) is 5.84 Å². The Balaban J connectivity index is 2.21. The fourth-order valence-electron chi connectivity index (χ4n) is 1.67. The minimum atomic E-state index is -0.498. The van der Waals surface area contributed by atoms with Gasteiger partial charge in [-0.05, 0) is 35.9 Å². The lowest BCUT2D eigenvalue weighted by Gasteiger charge is -2.11. The molecule has 0 aliphatic carbocycles. The molecule has 0 saturated carbocycles. The zero-order valence-electron chi connectivity index (χ0n) is 10.4. The van der Waals surface area contributed by atoms with E-state index in [1.54, 1.807) is 18.2 Å². The number of benzene rings is 2. The Morgan fingerprint density at radius 1 is 1.30 bits per heavy atom. The van der Waals surface area contributed by atoms with Crippen LogP contribution in [0.2, 0.25) is 5.02 Å². The molecule has 0 radical (unpaired) electrons. The molecule has 0 spiro atoms. The molecule has 104 valence electrons. The Kier molecular flexibility index (Phi) is 4.42. The lowest BCUT2D eigenvalue weighted by Crippen LogP contribution is -2.15. The highest BCUT2D eigenvalue weighted by atomic mass is 35.5. The Morgan fingerprint density at radius 3 is 2.80 bits per heavy atom. The van der Waals surface area contributed by atoms with E-state index in [4.69, 9.17) is 27.3 Å². The van der Waals surface area contributed by atoms with Crippen molar-refractivity contribution in [3.63, 3.8) is 0 Å². The topological polar surface area (TPSA) is 67.8 Å². The molecule has 0 aliphatic rings. The second-order valence-corrected chi connectivity index (χ2v) is 4.48. The van der Waals surface area contributed by atoms with Crippen molar-refractivity contribution in [1.29, 1.82) is 0 Å². The van der Waals surface area contributed by atoms with Crippen LogP contribution in [0.3, 0.4) is 0 Å². The van der Waals surface area contributed by atoms with Crippen LogP contribution in [0.15, 0.2) is 47.6 Å². The lowest BCUT2D eigenvalue weighted by molar-refractivity contribution is 0.302. The maximum atomic E-state index is 13.2. The number of nitrogens with zero attached hydrogens (tertiary/aromatic N) is 1. The molecule has 2 rings (SSSR count). The quantitative estimate of drug-likeness (QED) is 0.394. The number of hydrogen-bond donors (Lipinski definition) is 2. The van der Waals surface area contributed by atoms with Crippen LogP contribution in [0.1, 0.15) is 11.1 Å². The first-order valence-electron chi connectivity index (χ1n) is 5.75. The Bertz CT molecular complexity index is 647. The minimum Gasteiger partial charge on any atom is -0.488 e. The highest BCUT2D eigenvalue weighted by molar-refractivity contribution is 6.30. The summed E-state index contributed by atoms with van der Waals surface area (Å²) in [5.74, 6) is -0.394. The number of nitrogens with two attached hydrogens (primary N) is 1. The maximum Gasteiger partial charge on any atom is 0.173 e. The molecule has 0 bridgehead atoms. The number of hydrogen-bond acceptors (Lipinski definition) is 3. The molecule has 0 amide bonds. The molecular formula is C14H12ClFN2O2. The molecule has 0 saturated heterocycles. The van der Waals surface area contributed by atoms with Gasteiger partial charge in [-0.25, -0.2) is 4.39 Å². The van der Waals surface area contributed by atoms with E-state index < -0.39 is 5.82 Å². The molecule has 4 nitrogen and oxygen atoms in total. The monoisotopic (exact) mass is 294 g/mol. The van der Waals surface area contributed by atoms with Gasteiger partial charge in [-0.3, -0.25) is 0 Å². The fraction of sp³-hybridized carbons (Fsp3) is 0.0714. The Hall–Kier alpha value is -2.27. The smallest absolute Gasteiger partial charge is 0.173 e. The average molecular weight is 295 g/mol. The van der Waals surface area contributed by atoms with Gasteiger partial charge in [-0.15, -0.1) is 0 Å². The van der Waals surface area contributed by atoms with Crippen LogP contribution in [-0.2, 0) is 6.61 Å². The molecule has 20 heavy (non-hydrogen) atoms. The number of ether oxygens (including phenoxy) is 1. The van der Waals surface area contributed by atoms with E-state index in [1.807, 2.05) is 6.07 Å². The van der Waals surface area contributed by atoms with Gasteiger partial charge in [0.1, 0.15) is 18.2 Å². The SMILES string of the molecule is NC(=NO)c1cc(F)ccc1OCc1cccc(Cl)c1. The van der Waals surface area contributed by atoms with Crippen molar-refractivity contribution in [2.45, 2.75) is 6.61 Å². The van der Waals surface area contributed by atoms with Crippen LogP contribution in [0.4, 0.5) is 4.39 Å². The van der Waals surface area contributed by atoms with Gasteiger partial charge in [-0.2, -0.15) is 0 Å². The maximum absolute atomic E-state index is 13.2. The summed E-state index contributed by atoms with van der Waals surface area (Å²) in [6.07, 6.45) is 0. The first-order chi connectivity index (χ1) is 9.60. The van der Waals surface area contributed by atoms with Crippen LogP contribution in [0, 0.1) is 5.82 Å². The molecule has 0 unspecified atom stereocenters. The standard InChI is InChI=1S/C14H12ClFN2O2/c15-10-3-1-2-9(6-10)8-20-13-5-4-11(16)7-12(13)14(17)18-19/h1-7,19H,8H2,(H2,17,18). The molecule has 2 aromatic rings.